The lowest BCUT2D eigenvalue weighted by molar-refractivity contribution is 0.102. The zero-order valence-corrected chi connectivity index (χ0v) is 28.3. The number of carbonyl (C=O) groups is 1. The molecule has 0 atom stereocenters. The molecule has 6 aromatic rings. The third-order valence-corrected chi connectivity index (χ3v) is 9.00. The number of methoxy groups -OCH3 is 4. The van der Waals surface area contributed by atoms with E-state index in [1.54, 1.807) is 45.7 Å². The molecule has 1 aliphatic heterocycles. The molecule has 50 heavy (non-hydrogen) atoms. The van der Waals surface area contributed by atoms with Gasteiger partial charge in [-0.15, -0.1) is 15.0 Å². The molecule has 3 heterocycles. The predicted molar refractivity (Wildman–Crippen MR) is 190 cm³/mol. The molecule has 7 rings (SSSR count). The van der Waals surface area contributed by atoms with Crippen LogP contribution in [0.2, 0.25) is 0 Å². The normalized spacial score (nSPS) is 12.7. The Bertz CT molecular complexity index is 2160. The van der Waals surface area contributed by atoms with Crippen LogP contribution in [0.5, 0.6) is 23.0 Å². The van der Waals surface area contributed by atoms with Crippen molar-refractivity contribution >= 4 is 22.5 Å². The first-order valence-electron chi connectivity index (χ1n) is 16.2. The van der Waals surface area contributed by atoms with Crippen LogP contribution in [0.3, 0.4) is 0 Å². The van der Waals surface area contributed by atoms with E-state index in [0.29, 0.717) is 34.1 Å². The number of ether oxygens (including phenoxy) is 4. The summed E-state index contributed by atoms with van der Waals surface area (Å²) in [6.45, 7) is 2.79. The van der Waals surface area contributed by atoms with Gasteiger partial charge < -0.3 is 24.3 Å². The average molecular weight is 672 g/mol. The fraction of sp³-hybridized carbons (Fsp3) is 0.237. The van der Waals surface area contributed by atoms with E-state index in [1.807, 2.05) is 36.4 Å². The van der Waals surface area contributed by atoms with E-state index in [9.17, 15) is 4.79 Å². The minimum atomic E-state index is -0.311. The van der Waals surface area contributed by atoms with Crippen LogP contribution in [0.4, 0.5) is 5.69 Å². The van der Waals surface area contributed by atoms with Gasteiger partial charge in [0.1, 0.15) is 0 Å². The van der Waals surface area contributed by atoms with Crippen molar-refractivity contribution in [2.24, 2.45) is 0 Å². The molecule has 0 bridgehead atoms. The van der Waals surface area contributed by atoms with Crippen molar-refractivity contribution < 1.29 is 23.7 Å². The maximum Gasteiger partial charge on any atom is 0.256 e. The van der Waals surface area contributed by atoms with Crippen molar-refractivity contribution in [3.63, 3.8) is 0 Å². The third-order valence-electron chi connectivity index (χ3n) is 9.00. The summed E-state index contributed by atoms with van der Waals surface area (Å²) in [6.07, 6.45) is 3.49. The largest absolute Gasteiger partial charge is 0.493 e. The zero-order valence-electron chi connectivity index (χ0n) is 28.3. The number of aromatic nitrogens is 5. The second-order valence-corrected chi connectivity index (χ2v) is 11.9. The van der Waals surface area contributed by atoms with Crippen molar-refractivity contribution in [3.05, 3.63) is 107 Å². The lowest BCUT2D eigenvalue weighted by atomic mass is 9.98. The van der Waals surface area contributed by atoms with Gasteiger partial charge in [0, 0.05) is 37.3 Å². The summed E-state index contributed by atoms with van der Waals surface area (Å²) in [5, 5.41) is 17.1. The molecule has 1 N–H and O–H groups in total. The van der Waals surface area contributed by atoms with Crippen LogP contribution in [0.15, 0.2) is 85.1 Å². The summed E-state index contributed by atoms with van der Waals surface area (Å²) in [7, 11) is 6.43. The van der Waals surface area contributed by atoms with E-state index in [2.05, 4.69) is 54.9 Å². The molecule has 0 fully saturated rings. The van der Waals surface area contributed by atoms with Gasteiger partial charge in [-0.3, -0.25) is 14.7 Å². The number of nitrogens with zero attached hydrogens (tertiary/aromatic N) is 6. The Morgan fingerprint density at radius 3 is 2.28 bits per heavy atom. The number of nitrogens with one attached hydrogen (secondary N) is 1. The van der Waals surface area contributed by atoms with Crippen LogP contribution in [0.25, 0.3) is 28.0 Å². The quantitative estimate of drug-likeness (QED) is 0.182. The Morgan fingerprint density at radius 1 is 0.820 bits per heavy atom. The van der Waals surface area contributed by atoms with E-state index >= 15 is 0 Å². The number of para-hydroxylation sites is 1. The zero-order chi connectivity index (χ0) is 34.6. The Kier molecular flexibility index (Phi) is 9.26. The Hall–Kier alpha value is -6.01. The van der Waals surface area contributed by atoms with E-state index in [1.165, 1.54) is 28.6 Å². The van der Waals surface area contributed by atoms with Crippen molar-refractivity contribution in [3.8, 4) is 40.1 Å². The summed E-state index contributed by atoms with van der Waals surface area (Å²) in [5.74, 6) is 2.45. The number of anilines is 1. The number of fused-ring (bicyclic) bond motifs is 2. The molecule has 0 saturated carbocycles. The first-order valence-corrected chi connectivity index (χ1v) is 16.2. The fourth-order valence-corrected chi connectivity index (χ4v) is 6.30. The highest BCUT2D eigenvalue weighted by Gasteiger charge is 2.22. The van der Waals surface area contributed by atoms with Gasteiger partial charge in [0.25, 0.3) is 5.91 Å². The molecule has 1 amide bonds. The van der Waals surface area contributed by atoms with Crippen molar-refractivity contribution in [1.82, 2.24) is 30.1 Å². The highest BCUT2D eigenvalue weighted by molar-refractivity contribution is 6.13. The van der Waals surface area contributed by atoms with Gasteiger partial charge in [0.05, 0.1) is 56.5 Å². The molecule has 0 unspecified atom stereocenters. The highest BCUT2D eigenvalue weighted by Crippen LogP contribution is 2.38. The van der Waals surface area contributed by atoms with Crippen LogP contribution >= 0.6 is 0 Å². The van der Waals surface area contributed by atoms with Crippen molar-refractivity contribution in [2.45, 2.75) is 19.4 Å². The summed E-state index contributed by atoms with van der Waals surface area (Å²) >= 11 is 0. The second kappa shape index (κ2) is 14.2. The molecule has 4 aromatic carbocycles. The maximum atomic E-state index is 13.6. The Balaban J connectivity index is 1.07. The van der Waals surface area contributed by atoms with Gasteiger partial charge >= 0.3 is 0 Å². The number of benzene rings is 4. The van der Waals surface area contributed by atoms with Gasteiger partial charge in [0.2, 0.25) is 5.82 Å². The van der Waals surface area contributed by atoms with Gasteiger partial charge in [-0.25, -0.2) is 0 Å². The number of pyridine rings is 1. The van der Waals surface area contributed by atoms with E-state index < -0.39 is 0 Å². The van der Waals surface area contributed by atoms with Crippen LogP contribution in [-0.2, 0) is 19.4 Å². The predicted octanol–water partition coefficient (Wildman–Crippen LogP) is 5.77. The first-order chi connectivity index (χ1) is 24.5. The highest BCUT2D eigenvalue weighted by atomic mass is 16.5. The topological polar surface area (TPSA) is 126 Å². The Morgan fingerprint density at radius 2 is 1.52 bits per heavy atom. The second-order valence-electron chi connectivity index (χ2n) is 11.9. The summed E-state index contributed by atoms with van der Waals surface area (Å²) in [4.78, 5) is 21.9. The van der Waals surface area contributed by atoms with Gasteiger partial charge in [0.15, 0.2) is 23.0 Å². The summed E-state index contributed by atoms with van der Waals surface area (Å²) in [5.41, 5.74) is 6.74. The van der Waals surface area contributed by atoms with E-state index in [4.69, 9.17) is 18.9 Å². The lowest BCUT2D eigenvalue weighted by Crippen LogP contribution is -2.32. The molecular weight excluding hydrogens is 634 g/mol. The Labute approximate surface area is 289 Å². The summed E-state index contributed by atoms with van der Waals surface area (Å²) < 4.78 is 22.1. The van der Waals surface area contributed by atoms with Gasteiger partial charge in [-0.1, -0.05) is 30.3 Å². The molecule has 254 valence electrons. The van der Waals surface area contributed by atoms with Crippen LogP contribution in [-0.4, -0.2) is 77.5 Å². The van der Waals surface area contributed by atoms with Crippen LogP contribution in [0.1, 0.15) is 27.0 Å². The summed E-state index contributed by atoms with van der Waals surface area (Å²) in [6, 6.07) is 24.9. The number of hydrogen-bond donors (Lipinski definition) is 1. The minimum absolute atomic E-state index is 0.310. The number of rotatable bonds is 11. The van der Waals surface area contributed by atoms with E-state index in [0.717, 1.165) is 60.6 Å². The fourth-order valence-electron chi connectivity index (χ4n) is 6.30. The number of hydrogen-bond acceptors (Lipinski definition) is 10. The van der Waals surface area contributed by atoms with Crippen molar-refractivity contribution in [1.29, 1.82) is 0 Å². The standard InChI is InChI=1S/C38H37N7O5/c1-47-33-19-25-15-18-44(23-26(25)20-34(33)48-2)17-14-24-9-11-27(12-10-24)45-42-37(41-43-45)30-21-35(49-3)36(50-4)22-32(30)40-38(46)29-13-16-39-31-8-6-5-7-28(29)31/h5-13,16,19-22H,14-15,17-18,23H2,1-4H3,(H,40,46). The molecule has 12 heteroatoms. The van der Waals surface area contributed by atoms with Crippen molar-refractivity contribution in [2.75, 3.05) is 46.8 Å². The molecule has 2 aromatic heterocycles. The minimum Gasteiger partial charge on any atom is -0.493 e. The monoisotopic (exact) mass is 671 g/mol. The SMILES string of the molecule is COc1cc2c(cc1OC)CN(CCc1ccc(-n3nnc(-c4cc(OC)c(OC)cc4NC(=O)c4ccnc5ccccc45)n3)cc1)CC2. The molecule has 1 aliphatic rings. The maximum absolute atomic E-state index is 13.6. The molecule has 0 spiro atoms. The van der Waals surface area contributed by atoms with E-state index in [-0.39, 0.29) is 5.91 Å². The van der Waals surface area contributed by atoms with Gasteiger partial charge in [-0.05, 0) is 77.2 Å². The molecule has 0 radical (unpaired) electrons. The average Bonchev–Trinajstić information content (AvgIpc) is 3.66. The van der Waals surface area contributed by atoms with Gasteiger partial charge in [-0.2, -0.15) is 0 Å². The molecule has 12 nitrogen and oxygen atoms in total. The van der Waals surface area contributed by atoms with Crippen LogP contribution < -0.4 is 24.3 Å². The smallest absolute Gasteiger partial charge is 0.256 e. The molecule has 0 aliphatic carbocycles. The molecule has 0 saturated heterocycles. The first kappa shape index (κ1) is 32.5. The molecular formula is C38H37N7O5. The number of amides is 1. The lowest BCUT2D eigenvalue weighted by Gasteiger charge is -2.29. The van der Waals surface area contributed by atoms with Crippen LogP contribution in [0, 0.1) is 0 Å². The number of carbonyl (C=O) groups excluding carboxylic acids is 1. The third kappa shape index (κ3) is 6.52. The number of tetrazole rings is 1.